The molecule has 0 aliphatic rings. The minimum atomic E-state index is -3.86. The van der Waals surface area contributed by atoms with Crippen LogP contribution in [0.5, 0.6) is 5.75 Å². The highest BCUT2D eigenvalue weighted by Gasteiger charge is 2.23. The second-order valence-electron chi connectivity index (χ2n) is 6.21. The largest absolute Gasteiger partial charge is 0.461 e. The summed E-state index contributed by atoms with van der Waals surface area (Å²) in [6, 6.07) is 14.2. The molecule has 0 amide bonds. The van der Waals surface area contributed by atoms with Gasteiger partial charge in [0, 0.05) is 5.56 Å². The molecule has 0 heterocycles. The number of carbonyl (C=O) groups excluding carboxylic acids is 1. The van der Waals surface area contributed by atoms with Crippen LogP contribution >= 0.6 is 0 Å². The molecule has 158 valence electrons. The van der Waals surface area contributed by atoms with Crippen LogP contribution in [0.4, 0.5) is 8.78 Å². The van der Waals surface area contributed by atoms with E-state index in [1.54, 1.807) is 37.3 Å². The number of hydrogen-bond acceptors (Lipinski definition) is 5. The van der Waals surface area contributed by atoms with Gasteiger partial charge in [0.05, 0.1) is 18.2 Å². The Morgan fingerprint density at radius 1 is 1.07 bits per heavy atom. The van der Waals surface area contributed by atoms with Crippen molar-refractivity contribution in [3.05, 3.63) is 65.7 Å². The molecule has 9 heteroatoms. The Morgan fingerprint density at radius 2 is 1.72 bits per heavy atom. The fraction of sp³-hybridized carbons (Fsp3) is 0.350. The Bertz CT molecular complexity index is 891. The van der Waals surface area contributed by atoms with E-state index in [1.807, 2.05) is 6.07 Å². The van der Waals surface area contributed by atoms with Gasteiger partial charge in [0.1, 0.15) is 12.4 Å². The molecule has 0 radical (unpaired) electrons. The molecule has 2 aromatic rings. The number of ether oxygens (including phenoxy) is 2. The number of sulfonamides is 1. The molecular formula is C20H23F2NO5S. The molecule has 2 rings (SSSR count). The van der Waals surface area contributed by atoms with E-state index in [0.29, 0.717) is 12.0 Å². The third kappa shape index (κ3) is 7.78. The molecule has 0 aromatic heterocycles. The molecule has 0 aliphatic carbocycles. The Kier molecular flexibility index (Phi) is 8.53. The number of para-hydroxylation sites is 1. The number of esters is 1. The molecule has 2 aromatic carbocycles. The first-order valence-electron chi connectivity index (χ1n) is 9.04. The van der Waals surface area contributed by atoms with E-state index in [2.05, 4.69) is 9.46 Å². The minimum Gasteiger partial charge on any atom is -0.461 e. The quantitative estimate of drug-likeness (QED) is 0.552. The van der Waals surface area contributed by atoms with E-state index in [9.17, 15) is 22.0 Å². The lowest BCUT2D eigenvalue weighted by Gasteiger charge is -2.20. The smallest absolute Gasteiger partial charge is 0.387 e. The lowest BCUT2D eigenvalue weighted by atomic mass is 10.0. The first-order chi connectivity index (χ1) is 13.8. The van der Waals surface area contributed by atoms with Gasteiger partial charge in [0.25, 0.3) is 0 Å². The fourth-order valence-electron chi connectivity index (χ4n) is 2.64. The molecule has 1 N–H and O–H groups in total. The lowest BCUT2D eigenvalue weighted by Crippen LogP contribution is -2.31. The maximum absolute atomic E-state index is 12.6. The molecule has 0 bridgehead atoms. The zero-order valence-electron chi connectivity index (χ0n) is 15.9. The van der Waals surface area contributed by atoms with Crippen molar-refractivity contribution in [2.45, 2.75) is 39.0 Å². The van der Waals surface area contributed by atoms with Crippen LogP contribution in [-0.2, 0) is 26.2 Å². The van der Waals surface area contributed by atoms with Crippen molar-refractivity contribution in [2.24, 2.45) is 0 Å². The second kappa shape index (κ2) is 10.9. The number of benzene rings is 2. The van der Waals surface area contributed by atoms with Crippen LogP contribution in [0.25, 0.3) is 0 Å². The van der Waals surface area contributed by atoms with Crippen molar-refractivity contribution in [3.8, 4) is 5.75 Å². The summed E-state index contributed by atoms with van der Waals surface area (Å²) in [7, 11) is -3.86. The molecule has 0 saturated carbocycles. The predicted molar refractivity (Wildman–Crippen MR) is 104 cm³/mol. The van der Waals surface area contributed by atoms with Crippen molar-refractivity contribution < 1.29 is 31.5 Å². The van der Waals surface area contributed by atoms with Crippen LogP contribution in [0.2, 0.25) is 0 Å². The number of rotatable bonds is 11. The first-order valence-corrected chi connectivity index (χ1v) is 10.7. The third-order valence-corrected chi connectivity index (χ3v) is 5.44. The molecule has 0 fully saturated rings. The van der Waals surface area contributed by atoms with Gasteiger partial charge in [-0.05, 0) is 18.1 Å². The summed E-state index contributed by atoms with van der Waals surface area (Å²) in [5, 5.41) is 0. The Labute approximate surface area is 168 Å². The number of carbonyl (C=O) groups is 1. The number of hydrogen-bond donors (Lipinski definition) is 1. The molecule has 29 heavy (non-hydrogen) atoms. The van der Waals surface area contributed by atoms with Gasteiger partial charge in [-0.1, -0.05) is 55.5 Å². The van der Waals surface area contributed by atoms with Gasteiger partial charge in [-0.15, -0.1) is 0 Å². The van der Waals surface area contributed by atoms with Gasteiger partial charge in [0.15, 0.2) is 0 Å². The van der Waals surface area contributed by atoms with Crippen LogP contribution in [0.15, 0.2) is 54.6 Å². The maximum Gasteiger partial charge on any atom is 0.387 e. The van der Waals surface area contributed by atoms with Gasteiger partial charge in [-0.2, -0.15) is 8.78 Å². The summed E-state index contributed by atoms with van der Waals surface area (Å²) in [6.45, 7) is -1.26. The van der Waals surface area contributed by atoms with Crippen LogP contribution in [0.3, 0.4) is 0 Å². The number of alkyl halides is 2. The van der Waals surface area contributed by atoms with E-state index in [1.165, 1.54) is 18.2 Å². The SMILES string of the molecule is CC[C@H](NS(=O)(=O)CCC(=O)OCc1ccccc1)c1ccccc1OC(F)F. The lowest BCUT2D eigenvalue weighted by molar-refractivity contribution is -0.144. The van der Waals surface area contributed by atoms with Crippen molar-refractivity contribution in [1.29, 1.82) is 0 Å². The molecule has 1 atom stereocenters. The molecule has 0 unspecified atom stereocenters. The minimum absolute atomic E-state index is 0.0586. The number of halogens is 2. The van der Waals surface area contributed by atoms with Crippen molar-refractivity contribution in [3.63, 3.8) is 0 Å². The summed E-state index contributed by atoms with van der Waals surface area (Å²) in [6.07, 6.45) is -0.0188. The van der Waals surface area contributed by atoms with E-state index >= 15 is 0 Å². The highest BCUT2D eigenvalue weighted by molar-refractivity contribution is 7.89. The topological polar surface area (TPSA) is 81.7 Å². The normalized spacial score (nSPS) is 12.6. The monoisotopic (exact) mass is 427 g/mol. The van der Waals surface area contributed by atoms with E-state index < -0.39 is 34.4 Å². The number of nitrogens with one attached hydrogen (secondary N) is 1. The Balaban J connectivity index is 1.94. The van der Waals surface area contributed by atoms with Gasteiger partial charge in [-0.3, -0.25) is 4.79 Å². The molecule has 0 spiro atoms. The van der Waals surface area contributed by atoms with Crippen molar-refractivity contribution in [2.75, 3.05) is 5.75 Å². The third-order valence-electron chi connectivity index (χ3n) is 4.06. The molecular weight excluding hydrogens is 404 g/mol. The summed E-state index contributed by atoms with van der Waals surface area (Å²) in [4.78, 5) is 11.8. The molecule has 6 nitrogen and oxygen atoms in total. The highest BCUT2D eigenvalue weighted by atomic mass is 32.2. The highest BCUT2D eigenvalue weighted by Crippen LogP contribution is 2.29. The summed E-state index contributed by atoms with van der Waals surface area (Å²) >= 11 is 0. The van der Waals surface area contributed by atoms with Crippen LogP contribution in [0, 0.1) is 0 Å². The summed E-state index contributed by atoms with van der Waals surface area (Å²) in [5.74, 6) is -1.22. The standard InChI is InChI=1S/C20H23F2NO5S/c1-2-17(16-10-6-7-11-18(16)28-20(21)22)23-29(25,26)13-12-19(24)27-14-15-8-4-3-5-9-15/h3-11,17,20,23H,2,12-14H2,1H3/t17-/m0/s1. The van der Waals surface area contributed by atoms with E-state index in [0.717, 1.165) is 5.56 Å². The fourth-order valence-corrected chi connectivity index (χ4v) is 3.92. The van der Waals surface area contributed by atoms with Crippen LogP contribution in [0.1, 0.15) is 36.9 Å². The van der Waals surface area contributed by atoms with Gasteiger partial charge in [0.2, 0.25) is 10.0 Å². The average molecular weight is 427 g/mol. The summed E-state index contributed by atoms with van der Waals surface area (Å²) in [5.41, 5.74) is 1.09. The van der Waals surface area contributed by atoms with Crippen LogP contribution < -0.4 is 9.46 Å². The Hall–Kier alpha value is -2.52. The molecule has 0 aliphatic heterocycles. The predicted octanol–water partition coefficient (Wildman–Crippen LogP) is 3.79. The van der Waals surface area contributed by atoms with Gasteiger partial charge in [-0.25, -0.2) is 13.1 Å². The zero-order valence-corrected chi connectivity index (χ0v) is 16.7. The van der Waals surface area contributed by atoms with E-state index in [-0.39, 0.29) is 18.8 Å². The van der Waals surface area contributed by atoms with Crippen molar-refractivity contribution >= 4 is 16.0 Å². The van der Waals surface area contributed by atoms with Gasteiger partial charge < -0.3 is 9.47 Å². The van der Waals surface area contributed by atoms with Crippen molar-refractivity contribution in [1.82, 2.24) is 4.72 Å². The average Bonchev–Trinajstić information content (AvgIpc) is 2.70. The maximum atomic E-state index is 12.6. The van der Waals surface area contributed by atoms with Gasteiger partial charge >= 0.3 is 12.6 Å². The first kappa shape index (κ1) is 22.8. The summed E-state index contributed by atoms with van der Waals surface area (Å²) < 4.78 is 61.9. The zero-order chi connectivity index (χ0) is 21.3. The van der Waals surface area contributed by atoms with Crippen LogP contribution in [-0.4, -0.2) is 26.8 Å². The Morgan fingerprint density at radius 3 is 2.38 bits per heavy atom. The van der Waals surface area contributed by atoms with E-state index in [4.69, 9.17) is 4.74 Å². The second-order valence-corrected chi connectivity index (χ2v) is 8.08. The molecule has 0 saturated heterocycles.